The highest BCUT2D eigenvalue weighted by molar-refractivity contribution is 7.80. The second-order valence-corrected chi connectivity index (χ2v) is 7.48. The molecule has 0 spiro atoms. The van der Waals surface area contributed by atoms with E-state index in [0.717, 1.165) is 31.5 Å². The summed E-state index contributed by atoms with van der Waals surface area (Å²) in [4.78, 5) is 14.7. The van der Waals surface area contributed by atoms with E-state index in [9.17, 15) is 4.79 Å². The third-order valence-electron chi connectivity index (χ3n) is 5.15. The maximum Gasteiger partial charge on any atom is 0.294 e. The van der Waals surface area contributed by atoms with Crippen molar-refractivity contribution in [2.45, 2.75) is 45.1 Å². The summed E-state index contributed by atoms with van der Waals surface area (Å²) in [7, 11) is 0. The van der Waals surface area contributed by atoms with E-state index in [4.69, 9.17) is 12.2 Å². The summed E-state index contributed by atoms with van der Waals surface area (Å²) in [6.07, 6.45) is 5.67. The van der Waals surface area contributed by atoms with Crippen molar-refractivity contribution in [1.82, 2.24) is 30.3 Å². The third-order valence-corrected chi connectivity index (χ3v) is 5.48. The molecule has 1 aromatic heterocycles. The number of benzene rings is 1. The zero-order chi connectivity index (χ0) is 18.8. The van der Waals surface area contributed by atoms with E-state index >= 15 is 0 Å². The average Bonchev–Trinajstić information content (AvgIpc) is 3.42. The van der Waals surface area contributed by atoms with Gasteiger partial charge in [0.2, 0.25) is 0 Å². The first-order chi connectivity index (χ1) is 13.1. The van der Waals surface area contributed by atoms with Crippen molar-refractivity contribution >= 4 is 23.2 Å². The number of thiocarbonyl (C=S) groups is 1. The standard InChI is InChI=1S/C19H24N6OS/c1-14-17(22-25(21-14)16-10-3-2-4-11-16)18(26)23-12-7-13-24(23)19(27)20-15-8-5-6-9-15/h2-4,10-11,15H,5-9,12-13H2,1H3,(H,20,27). The molecular formula is C19H24N6OS. The molecule has 1 aromatic carbocycles. The van der Waals surface area contributed by atoms with Crippen LogP contribution in [0, 0.1) is 6.92 Å². The number of para-hydroxylation sites is 1. The van der Waals surface area contributed by atoms with Crippen molar-refractivity contribution in [1.29, 1.82) is 0 Å². The lowest BCUT2D eigenvalue weighted by Gasteiger charge is -2.31. The van der Waals surface area contributed by atoms with Crippen molar-refractivity contribution in [3.8, 4) is 5.69 Å². The van der Waals surface area contributed by atoms with E-state index in [-0.39, 0.29) is 5.91 Å². The molecule has 7 nitrogen and oxygen atoms in total. The van der Waals surface area contributed by atoms with Crippen LogP contribution in [0.5, 0.6) is 0 Å². The van der Waals surface area contributed by atoms with Gasteiger partial charge in [-0.25, -0.2) is 5.01 Å². The van der Waals surface area contributed by atoms with Crippen LogP contribution in [0.2, 0.25) is 0 Å². The van der Waals surface area contributed by atoms with Gasteiger partial charge in [0.15, 0.2) is 10.8 Å². The largest absolute Gasteiger partial charge is 0.358 e. The molecule has 0 bridgehead atoms. The van der Waals surface area contributed by atoms with Gasteiger partial charge in [-0.2, -0.15) is 9.90 Å². The van der Waals surface area contributed by atoms with Crippen molar-refractivity contribution in [2.75, 3.05) is 13.1 Å². The SMILES string of the molecule is Cc1nn(-c2ccccc2)nc1C(=O)N1CCCN1C(=S)NC1CCCC1. The van der Waals surface area contributed by atoms with Crippen LogP contribution in [-0.4, -0.2) is 55.2 Å². The summed E-state index contributed by atoms with van der Waals surface area (Å²) in [5.74, 6) is -0.150. The fourth-order valence-electron chi connectivity index (χ4n) is 3.73. The van der Waals surface area contributed by atoms with Crippen molar-refractivity contribution < 1.29 is 4.79 Å². The second-order valence-electron chi connectivity index (χ2n) is 7.09. The fourth-order valence-corrected chi connectivity index (χ4v) is 4.09. The summed E-state index contributed by atoms with van der Waals surface area (Å²) in [6.45, 7) is 3.20. The molecule has 2 aromatic rings. The number of aromatic nitrogens is 3. The van der Waals surface area contributed by atoms with Crippen LogP contribution in [0.4, 0.5) is 0 Å². The Bertz CT molecular complexity index is 830. The molecule has 0 atom stereocenters. The van der Waals surface area contributed by atoms with Crippen LogP contribution < -0.4 is 5.32 Å². The minimum atomic E-state index is -0.150. The van der Waals surface area contributed by atoms with Crippen LogP contribution in [0.25, 0.3) is 5.69 Å². The Balaban J connectivity index is 1.51. The Morgan fingerprint density at radius 3 is 2.52 bits per heavy atom. The molecule has 1 aliphatic carbocycles. The smallest absolute Gasteiger partial charge is 0.294 e. The van der Waals surface area contributed by atoms with Gasteiger partial charge in [-0.05, 0) is 50.5 Å². The highest BCUT2D eigenvalue weighted by Gasteiger charge is 2.33. The fraction of sp³-hybridized carbons (Fsp3) is 0.474. The number of aryl methyl sites for hydroxylation is 1. The predicted octanol–water partition coefficient (Wildman–Crippen LogP) is 2.46. The second kappa shape index (κ2) is 7.64. The van der Waals surface area contributed by atoms with Crippen LogP contribution >= 0.6 is 12.2 Å². The highest BCUT2D eigenvalue weighted by atomic mass is 32.1. The minimum absolute atomic E-state index is 0.150. The molecule has 2 fully saturated rings. The van der Waals surface area contributed by atoms with Crippen molar-refractivity contribution in [3.63, 3.8) is 0 Å². The van der Waals surface area contributed by atoms with Gasteiger partial charge in [-0.3, -0.25) is 9.80 Å². The number of amides is 1. The van der Waals surface area contributed by atoms with E-state index in [1.807, 2.05) is 42.3 Å². The Kier molecular flexibility index (Phi) is 5.07. The summed E-state index contributed by atoms with van der Waals surface area (Å²) in [5, 5.41) is 16.5. The van der Waals surface area contributed by atoms with Crippen molar-refractivity contribution in [2.24, 2.45) is 0 Å². The first-order valence-corrected chi connectivity index (χ1v) is 9.93. The Morgan fingerprint density at radius 1 is 1.07 bits per heavy atom. The molecule has 1 amide bonds. The van der Waals surface area contributed by atoms with Crippen LogP contribution in [-0.2, 0) is 0 Å². The lowest BCUT2D eigenvalue weighted by molar-refractivity contribution is 0.0482. The predicted molar refractivity (Wildman–Crippen MR) is 106 cm³/mol. The molecule has 1 saturated carbocycles. The number of nitrogens with one attached hydrogen (secondary N) is 1. The zero-order valence-electron chi connectivity index (χ0n) is 15.5. The van der Waals surface area contributed by atoms with Crippen molar-refractivity contribution in [3.05, 3.63) is 41.7 Å². The topological polar surface area (TPSA) is 66.3 Å². The van der Waals surface area contributed by atoms with Gasteiger partial charge in [0, 0.05) is 19.1 Å². The number of hydrogen-bond donors (Lipinski definition) is 1. The molecule has 8 heteroatoms. The number of carbonyl (C=O) groups excluding carboxylic acids is 1. The lowest BCUT2D eigenvalue weighted by Crippen LogP contribution is -2.51. The highest BCUT2D eigenvalue weighted by Crippen LogP contribution is 2.20. The molecule has 2 heterocycles. The minimum Gasteiger partial charge on any atom is -0.358 e. The van der Waals surface area contributed by atoms with E-state index in [1.165, 1.54) is 17.6 Å². The van der Waals surface area contributed by atoms with Gasteiger partial charge in [0.25, 0.3) is 5.91 Å². The number of hydrogen-bond acceptors (Lipinski definition) is 4. The van der Waals surface area contributed by atoms with Gasteiger partial charge in [-0.15, -0.1) is 5.10 Å². The first kappa shape index (κ1) is 17.9. The van der Waals surface area contributed by atoms with Gasteiger partial charge in [-0.1, -0.05) is 31.0 Å². The van der Waals surface area contributed by atoms with E-state index in [0.29, 0.717) is 29.1 Å². The zero-order valence-corrected chi connectivity index (χ0v) is 16.3. The van der Waals surface area contributed by atoms with Crippen LogP contribution in [0.15, 0.2) is 30.3 Å². The molecular weight excluding hydrogens is 360 g/mol. The summed E-state index contributed by atoms with van der Waals surface area (Å²) < 4.78 is 0. The summed E-state index contributed by atoms with van der Waals surface area (Å²) in [5.41, 5.74) is 1.82. The van der Waals surface area contributed by atoms with E-state index < -0.39 is 0 Å². The van der Waals surface area contributed by atoms with Crippen LogP contribution in [0.3, 0.4) is 0 Å². The Morgan fingerprint density at radius 2 is 1.78 bits per heavy atom. The molecule has 1 saturated heterocycles. The number of rotatable bonds is 3. The van der Waals surface area contributed by atoms with Crippen LogP contribution in [0.1, 0.15) is 48.3 Å². The Labute approximate surface area is 164 Å². The maximum absolute atomic E-state index is 13.1. The number of hydrazine groups is 1. The Hall–Kier alpha value is -2.48. The van der Waals surface area contributed by atoms with E-state index in [1.54, 1.807) is 5.01 Å². The molecule has 27 heavy (non-hydrogen) atoms. The molecule has 0 unspecified atom stereocenters. The van der Waals surface area contributed by atoms with Gasteiger partial charge in [0.1, 0.15) is 0 Å². The lowest BCUT2D eigenvalue weighted by atomic mass is 10.3. The maximum atomic E-state index is 13.1. The monoisotopic (exact) mass is 384 g/mol. The molecule has 4 rings (SSSR count). The van der Waals surface area contributed by atoms with Gasteiger partial charge < -0.3 is 5.32 Å². The number of carbonyl (C=O) groups is 1. The third kappa shape index (κ3) is 3.66. The quantitative estimate of drug-likeness (QED) is 0.820. The summed E-state index contributed by atoms with van der Waals surface area (Å²) >= 11 is 5.59. The molecule has 142 valence electrons. The van der Waals surface area contributed by atoms with E-state index in [2.05, 4.69) is 15.5 Å². The normalized spacial score (nSPS) is 17.5. The molecule has 0 radical (unpaired) electrons. The molecule has 1 N–H and O–H groups in total. The number of nitrogens with zero attached hydrogens (tertiary/aromatic N) is 5. The van der Waals surface area contributed by atoms with Gasteiger partial charge >= 0.3 is 0 Å². The average molecular weight is 385 g/mol. The first-order valence-electron chi connectivity index (χ1n) is 9.52. The van der Waals surface area contributed by atoms with Gasteiger partial charge in [0.05, 0.1) is 11.4 Å². The molecule has 1 aliphatic heterocycles. The summed E-state index contributed by atoms with van der Waals surface area (Å²) in [6, 6.07) is 10.0. The molecule has 2 aliphatic rings.